The minimum atomic E-state index is 0.427. The third-order valence-electron chi connectivity index (χ3n) is 2.31. The van der Waals surface area contributed by atoms with Crippen molar-refractivity contribution in [1.82, 2.24) is 10.5 Å². The first-order valence-electron chi connectivity index (χ1n) is 4.53. The Morgan fingerprint density at radius 3 is 3.08 bits per heavy atom. The van der Waals surface area contributed by atoms with Gasteiger partial charge in [0.25, 0.3) is 0 Å². The molecule has 0 spiro atoms. The maximum atomic E-state index is 5.03. The molecule has 0 unspecified atom stereocenters. The van der Waals surface area contributed by atoms with Gasteiger partial charge in [-0.1, -0.05) is 11.6 Å². The highest BCUT2D eigenvalue weighted by atomic mass is 16.5. The summed E-state index contributed by atoms with van der Waals surface area (Å²) in [6.45, 7) is 3.04. The Morgan fingerprint density at radius 1 is 1.58 bits per heavy atom. The SMILES string of the molecule is Cc1cc([C@H]2CCCCN2)no1. The number of rotatable bonds is 1. The van der Waals surface area contributed by atoms with Crippen LogP contribution in [-0.4, -0.2) is 11.7 Å². The number of aromatic nitrogens is 1. The number of nitrogens with one attached hydrogen (secondary N) is 1. The first-order chi connectivity index (χ1) is 5.86. The molecule has 0 aromatic carbocycles. The first kappa shape index (κ1) is 7.80. The van der Waals surface area contributed by atoms with E-state index in [4.69, 9.17) is 4.52 Å². The number of hydrogen-bond acceptors (Lipinski definition) is 3. The standard InChI is InChI=1S/C9H14N2O/c1-7-6-9(11-12-7)8-4-2-3-5-10-8/h6,8,10H,2-5H2,1H3/t8-/m1/s1. The highest BCUT2D eigenvalue weighted by Crippen LogP contribution is 2.21. The molecular formula is C9H14N2O. The largest absolute Gasteiger partial charge is 0.361 e. The zero-order chi connectivity index (χ0) is 8.39. The molecule has 0 radical (unpaired) electrons. The Kier molecular flexibility index (Phi) is 2.13. The Labute approximate surface area is 72.1 Å². The van der Waals surface area contributed by atoms with Gasteiger partial charge in [0.15, 0.2) is 0 Å². The Balaban J connectivity index is 2.08. The van der Waals surface area contributed by atoms with Crippen molar-refractivity contribution in [2.75, 3.05) is 6.54 Å². The van der Waals surface area contributed by atoms with Crippen LogP contribution in [0.4, 0.5) is 0 Å². The highest BCUT2D eigenvalue weighted by Gasteiger charge is 2.17. The summed E-state index contributed by atoms with van der Waals surface area (Å²) in [4.78, 5) is 0. The molecule has 1 aromatic heterocycles. The van der Waals surface area contributed by atoms with Gasteiger partial charge in [0, 0.05) is 6.07 Å². The Morgan fingerprint density at radius 2 is 2.50 bits per heavy atom. The molecule has 2 rings (SSSR count). The summed E-state index contributed by atoms with van der Waals surface area (Å²) >= 11 is 0. The molecule has 1 atom stereocenters. The molecule has 0 amide bonds. The number of nitrogens with zero attached hydrogens (tertiary/aromatic N) is 1. The molecule has 3 nitrogen and oxygen atoms in total. The average Bonchev–Trinajstić information content (AvgIpc) is 2.54. The van der Waals surface area contributed by atoms with Crippen LogP contribution in [0.2, 0.25) is 0 Å². The lowest BCUT2D eigenvalue weighted by atomic mass is 10.0. The van der Waals surface area contributed by atoms with E-state index in [1.54, 1.807) is 0 Å². The van der Waals surface area contributed by atoms with E-state index in [0.717, 1.165) is 18.0 Å². The van der Waals surface area contributed by atoms with Crippen LogP contribution in [0.1, 0.15) is 36.8 Å². The van der Waals surface area contributed by atoms with Crippen LogP contribution in [0.15, 0.2) is 10.6 Å². The van der Waals surface area contributed by atoms with Gasteiger partial charge in [0.1, 0.15) is 11.5 Å². The molecule has 1 saturated heterocycles. The smallest absolute Gasteiger partial charge is 0.133 e. The van der Waals surface area contributed by atoms with Gasteiger partial charge in [0.2, 0.25) is 0 Å². The lowest BCUT2D eigenvalue weighted by Gasteiger charge is -2.20. The molecule has 3 heteroatoms. The average molecular weight is 166 g/mol. The van der Waals surface area contributed by atoms with E-state index in [9.17, 15) is 0 Å². The van der Waals surface area contributed by atoms with Crippen LogP contribution >= 0.6 is 0 Å². The Hall–Kier alpha value is -0.830. The zero-order valence-electron chi connectivity index (χ0n) is 7.34. The van der Waals surface area contributed by atoms with Crippen LogP contribution in [0.5, 0.6) is 0 Å². The molecule has 2 heterocycles. The van der Waals surface area contributed by atoms with Crippen molar-refractivity contribution >= 4 is 0 Å². The summed E-state index contributed by atoms with van der Waals surface area (Å²) in [5.74, 6) is 0.900. The van der Waals surface area contributed by atoms with Crippen molar-refractivity contribution in [2.24, 2.45) is 0 Å². The van der Waals surface area contributed by atoms with Crippen LogP contribution in [0.25, 0.3) is 0 Å². The number of piperidine rings is 1. The normalized spacial score (nSPS) is 24.2. The van der Waals surface area contributed by atoms with Gasteiger partial charge in [-0.25, -0.2) is 0 Å². The topological polar surface area (TPSA) is 38.1 Å². The molecular weight excluding hydrogens is 152 g/mol. The summed E-state index contributed by atoms with van der Waals surface area (Å²) in [5, 5.41) is 7.43. The van der Waals surface area contributed by atoms with Gasteiger partial charge in [0.05, 0.1) is 6.04 Å². The fraction of sp³-hybridized carbons (Fsp3) is 0.667. The quantitative estimate of drug-likeness (QED) is 0.691. The number of aryl methyl sites for hydroxylation is 1. The van der Waals surface area contributed by atoms with Crippen molar-refractivity contribution in [3.05, 3.63) is 17.5 Å². The third kappa shape index (κ3) is 1.50. The van der Waals surface area contributed by atoms with Crippen molar-refractivity contribution in [1.29, 1.82) is 0 Å². The molecule has 1 N–H and O–H groups in total. The van der Waals surface area contributed by atoms with Crippen LogP contribution in [0, 0.1) is 6.92 Å². The van der Waals surface area contributed by atoms with E-state index in [-0.39, 0.29) is 0 Å². The van der Waals surface area contributed by atoms with E-state index in [1.807, 2.05) is 13.0 Å². The minimum Gasteiger partial charge on any atom is -0.361 e. The second-order valence-corrected chi connectivity index (χ2v) is 3.36. The molecule has 12 heavy (non-hydrogen) atoms. The van der Waals surface area contributed by atoms with Crippen LogP contribution < -0.4 is 5.32 Å². The second-order valence-electron chi connectivity index (χ2n) is 3.36. The summed E-state index contributed by atoms with van der Waals surface area (Å²) in [6.07, 6.45) is 3.77. The van der Waals surface area contributed by atoms with Crippen molar-refractivity contribution in [3.63, 3.8) is 0 Å². The summed E-state index contributed by atoms with van der Waals surface area (Å²) < 4.78 is 5.03. The Bertz CT molecular complexity index is 251. The van der Waals surface area contributed by atoms with E-state index >= 15 is 0 Å². The fourth-order valence-corrected chi connectivity index (χ4v) is 1.65. The van der Waals surface area contributed by atoms with Crippen molar-refractivity contribution in [2.45, 2.75) is 32.2 Å². The molecule has 1 aliphatic heterocycles. The maximum Gasteiger partial charge on any atom is 0.133 e. The fourth-order valence-electron chi connectivity index (χ4n) is 1.65. The molecule has 1 aliphatic rings. The lowest BCUT2D eigenvalue weighted by Crippen LogP contribution is -2.26. The predicted molar refractivity (Wildman–Crippen MR) is 45.8 cm³/mol. The van der Waals surface area contributed by atoms with E-state index < -0.39 is 0 Å². The number of hydrogen-bond donors (Lipinski definition) is 1. The lowest BCUT2D eigenvalue weighted by molar-refractivity contribution is 0.355. The van der Waals surface area contributed by atoms with E-state index in [0.29, 0.717) is 6.04 Å². The maximum absolute atomic E-state index is 5.03. The van der Waals surface area contributed by atoms with Gasteiger partial charge in [-0.15, -0.1) is 0 Å². The van der Waals surface area contributed by atoms with Crippen LogP contribution in [0.3, 0.4) is 0 Å². The van der Waals surface area contributed by atoms with Crippen molar-refractivity contribution in [3.8, 4) is 0 Å². The van der Waals surface area contributed by atoms with E-state index in [1.165, 1.54) is 19.3 Å². The monoisotopic (exact) mass is 166 g/mol. The molecule has 1 aromatic rings. The van der Waals surface area contributed by atoms with Crippen molar-refractivity contribution < 1.29 is 4.52 Å². The van der Waals surface area contributed by atoms with Gasteiger partial charge in [-0.05, 0) is 26.3 Å². The van der Waals surface area contributed by atoms with Gasteiger partial charge in [-0.3, -0.25) is 0 Å². The molecule has 1 fully saturated rings. The summed E-state index contributed by atoms with van der Waals surface area (Å²) in [6, 6.07) is 2.44. The second kappa shape index (κ2) is 3.27. The third-order valence-corrected chi connectivity index (χ3v) is 2.31. The summed E-state index contributed by atoms with van der Waals surface area (Å²) in [5.41, 5.74) is 1.06. The zero-order valence-corrected chi connectivity index (χ0v) is 7.34. The highest BCUT2D eigenvalue weighted by molar-refractivity contribution is 5.09. The first-order valence-corrected chi connectivity index (χ1v) is 4.53. The van der Waals surface area contributed by atoms with Gasteiger partial charge < -0.3 is 9.84 Å². The molecule has 66 valence electrons. The van der Waals surface area contributed by atoms with E-state index in [2.05, 4.69) is 10.5 Å². The molecule has 0 aliphatic carbocycles. The summed E-state index contributed by atoms with van der Waals surface area (Å²) in [7, 11) is 0. The molecule has 0 saturated carbocycles. The predicted octanol–water partition coefficient (Wildman–Crippen LogP) is 1.80. The van der Waals surface area contributed by atoms with Gasteiger partial charge >= 0.3 is 0 Å². The van der Waals surface area contributed by atoms with Gasteiger partial charge in [-0.2, -0.15) is 0 Å². The van der Waals surface area contributed by atoms with Crippen LogP contribution in [-0.2, 0) is 0 Å². The minimum absolute atomic E-state index is 0.427. The molecule has 0 bridgehead atoms.